The van der Waals surface area contributed by atoms with Crippen molar-refractivity contribution in [3.8, 4) is 11.8 Å². The molecule has 168 valence electrons. The van der Waals surface area contributed by atoms with Crippen LogP contribution in [0.5, 0.6) is 0 Å². The van der Waals surface area contributed by atoms with Gasteiger partial charge in [-0.05, 0) is 42.8 Å². The summed E-state index contributed by atoms with van der Waals surface area (Å²) in [6.45, 7) is 4.81. The highest BCUT2D eigenvalue weighted by Crippen LogP contribution is 2.19. The van der Waals surface area contributed by atoms with Crippen molar-refractivity contribution in [2.24, 2.45) is 7.05 Å². The molecule has 0 saturated carbocycles. The van der Waals surface area contributed by atoms with Crippen molar-refractivity contribution in [2.75, 3.05) is 36.5 Å². The molecule has 1 amide bonds. The maximum Gasteiger partial charge on any atom is 0.295 e. The molecule has 2 heterocycles. The average Bonchev–Trinajstić information content (AvgIpc) is 3.06. The Morgan fingerprint density at radius 2 is 1.73 bits per heavy atom. The maximum atomic E-state index is 13.0. The molecule has 0 aliphatic carbocycles. The van der Waals surface area contributed by atoms with Gasteiger partial charge in [0.05, 0.1) is 24.6 Å². The number of nitrogens with zero attached hydrogens (tertiary/aromatic N) is 4. The molecule has 33 heavy (non-hydrogen) atoms. The molecule has 4 rings (SSSR count). The van der Waals surface area contributed by atoms with Crippen molar-refractivity contribution in [3.63, 3.8) is 0 Å². The summed E-state index contributed by atoms with van der Waals surface area (Å²) in [5.74, 6) is -0.624. The SMILES string of the molecule is Cc1c(NC(=O)C(C#N)=Cc2ccc(N3CCOCC3)cc2)c(=O)n(-c2ccccc2)n1C. The minimum Gasteiger partial charge on any atom is -0.378 e. The van der Waals surface area contributed by atoms with E-state index >= 15 is 0 Å². The fraction of sp³-hybridized carbons (Fsp3) is 0.240. The Morgan fingerprint density at radius 1 is 1.06 bits per heavy atom. The van der Waals surface area contributed by atoms with Crippen LogP contribution in [-0.4, -0.2) is 41.6 Å². The van der Waals surface area contributed by atoms with Crippen LogP contribution in [0.2, 0.25) is 0 Å². The van der Waals surface area contributed by atoms with Crippen LogP contribution in [0.3, 0.4) is 0 Å². The number of morpholine rings is 1. The van der Waals surface area contributed by atoms with Gasteiger partial charge in [0.2, 0.25) is 0 Å². The van der Waals surface area contributed by atoms with E-state index in [0.29, 0.717) is 24.6 Å². The molecule has 2 aromatic carbocycles. The smallest absolute Gasteiger partial charge is 0.295 e. The lowest BCUT2D eigenvalue weighted by Gasteiger charge is -2.28. The lowest BCUT2D eigenvalue weighted by Crippen LogP contribution is -2.36. The topological polar surface area (TPSA) is 92.3 Å². The number of para-hydroxylation sites is 1. The van der Waals surface area contributed by atoms with E-state index in [1.807, 2.05) is 60.7 Å². The molecule has 1 aromatic heterocycles. The van der Waals surface area contributed by atoms with Crippen molar-refractivity contribution in [1.29, 1.82) is 5.26 Å². The Hall–Kier alpha value is -4.09. The van der Waals surface area contributed by atoms with Crippen LogP contribution in [-0.2, 0) is 16.6 Å². The minimum absolute atomic E-state index is 0.0805. The zero-order valence-electron chi connectivity index (χ0n) is 18.6. The summed E-state index contributed by atoms with van der Waals surface area (Å²) in [6.07, 6.45) is 1.52. The van der Waals surface area contributed by atoms with Gasteiger partial charge >= 0.3 is 0 Å². The molecule has 1 saturated heterocycles. The summed E-state index contributed by atoms with van der Waals surface area (Å²) in [5.41, 5.74) is 2.78. The standard InChI is InChI=1S/C25H25N5O3/c1-18-23(25(32)30(28(18)2)22-6-4-3-5-7-22)27-24(31)20(17-26)16-19-8-10-21(11-9-19)29-12-14-33-15-13-29/h3-11,16H,12-15H2,1-2H3,(H,27,31). The van der Waals surface area contributed by atoms with Gasteiger partial charge in [0.15, 0.2) is 0 Å². The van der Waals surface area contributed by atoms with Gasteiger partial charge in [-0.15, -0.1) is 0 Å². The number of ether oxygens (including phenoxy) is 1. The van der Waals surface area contributed by atoms with Crippen molar-refractivity contribution in [1.82, 2.24) is 9.36 Å². The molecule has 3 aromatic rings. The van der Waals surface area contributed by atoms with E-state index in [1.165, 1.54) is 10.8 Å². The molecule has 0 unspecified atom stereocenters. The summed E-state index contributed by atoms with van der Waals surface area (Å²) >= 11 is 0. The highest BCUT2D eigenvalue weighted by Gasteiger charge is 2.20. The first-order valence-corrected chi connectivity index (χ1v) is 10.7. The van der Waals surface area contributed by atoms with Crippen LogP contribution in [0.25, 0.3) is 11.8 Å². The van der Waals surface area contributed by atoms with Crippen LogP contribution < -0.4 is 15.8 Å². The second-order valence-corrected chi connectivity index (χ2v) is 7.75. The van der Waals surface area contributed by atoms with Crippen LogP contribution in [0, 0.1) is 18.3 Å². The number of aromatic nitrogens is 2. The Bertz CT molecular complexity index is 1270. The molecule has 8 nitrogen and oxygen atoms in total. The third kappa shape index (κ3) is 4.59. The highest BCUT2D eigenvalue weighted by atomic mass is 16.5. The predicted octanol–water partition coefficient (Wildman–Crippen LogP) is 2.87. The number of carbonyl (C=O) groups is 1. The number of anilines is 2. The van der Waals surface area contributed by atoms with Gasteiger partial charge in [-0.2, -0.15) is 5.26 Å². The maximum absolute atomic E-state index is 13.0. The zero-order chi connectivity index (χ0) is 23.4. The van der Waals surface area contributed by atoms with E-state index in [9.17, 15) is 14.9 Å². The molecule has 0 radical (unpaired) electrons. The average molecular weight is 444 g/mol. The molecule has 1 aliphatic heterocycles. The normalized spacial score (nSPS) is 14.1. The Kier molecular flexibility index (Phi) is 6.43. The fourth-order valence-corrected chi connectivity index (χ4v) is 3.81. The summed E-state index contributed by atoms with van der Waals surface area (Å²) in [6, 6.07) is 18.8. The number of hydrogen-bond donors (Lipinski definition) is 1. The third-order valence-electron chi connectivity index (χ3n) is 5.74. The third-order valence-corrected chi connectivity index (χ3v) is 5.74. The van der Waals surface area contributed by atoms with E-state index in [2.05, 4.69) is 10.2 Å². The molecule has 0 spiro atoms. The number of benzene rings is 2. The number of carbonyl (C=O) groups excluding carboxylic acids is 1. The molecule has 0 bridgehead atoms. The van der Waals surface area contributed by atoms with E-state index in [0.717, 1.165) is 24.3 Å². The number of nitriles is 1. The van der Waals surface area contributed by atoms with Gasteiger partial charge in [0.25, 0.3) is 11.5 Å². The van der Waals surface area contributed by atoms with E-state index in [1.54, 1.807) is 18.7 Å². The van der Waals surface area contributed by atoms with Crippen LogP contribution >= 0.6 is 0 Å². The Balaban J connectivity index is 1.56. The van der Waals surface area contributed by atoms with Gasteiger partial charge in [-0.3, -0.25) is 14.3 Å². The molecule has 1 fully saturated rings. The largest absolute Gasteiger partial charge is 0.378 e. The zero-order valence-corrected chi connectivity index (χ0v) is 18.6. The number of nitrogens with one attached hydrogen (secondary N) is 1. The molecule has 1 aliphatic rings. The number of rotatable bonds is 5. The van der Waals surface area contributed by atoms with Gasteiger partial charge in [-0.1, -0.05) is 30.3 Å². The molecular formula is C25H25N5O3. The first-order chi connectivity index (χ1) is 16.0. The lowest BCUT2D eigenvalue weighted by atomic mass is 10.1. The number of hydrogen-bond acceptors (Lipinski definition) is 5. The fourth-order valence-electron chi connectivity index (χ4n) is 3.81. The van der Waals surface area contributed by atoms with E-state index in [-0.39, 0.29) is 16.8 Å². The summed E-state index contributed by atoms with van der Waals surface area (Å²) < 4.78 is 8.53. The van der Waals surface area contributed by atoms with Gasteiger partial charge in [0.1, 0.15) is 17.3 Å². The lowest BCUT2D eigenvalue weighted by molar-refractivity contribution is -0.112. The van der Waals surface area contributed by atoms with Gasteiger partial charge in [-0.25, -0.2) is 4.68 Å². The Morgan fingerprint density at radius 3 is 2.36 bits per heavy atom. The van der Waals surface area contributed by atoms with Gasteiger partial charge in [0, 0.05) is 25.8 Å². The summed E-state index contributed by atoms with van der Waals surface area (Å²) in [4.78, 5) is 28.1. The second kappa shape index (κ2) is 9.59. The van der Waals surface area contributed by atoms with Crippen LogP contribution in [0.4, 0.5) is 11.4 Å². The first-order valence-electron chi connectivity index (χ1n) is 10.7. The van der Waals surface area contributed by atoms with E-state index < -0.39 is 5.91 Å². The molecular weight excluding hydrogens is 418 g/mol. The monoisotopic (exact) mass is 443 g/mol. The van der Waals surface area contributed by atoms with Crippen LogP contribution in [0.15, 0.2) is 65.0 Å². The van der Waals surface area contributed by atoms with Crippen molar-refractivity contribution in [2.45, 2.75) is 6.92 Å². The Labute approximate surface area is 191 Å². The highest BCUT2D eigenvalue weighted by molar-refractivity contribution is 6.09. The summed E-state index contributed by atoms with van der Waals surface area (Å²) in [5, 5.41) is 12.2. The van der Waals surface area contributed by atoms with Gasteiger partial charge < -0.3 is 15.0 Å². The molecule has 1 N–H and O–H groups in total. The quantitative estimate of drug-likeness (QED) is 0.484. The summed E-state index contributed by atoms with van der Waals surface area (Å²) in [7, 11) is 1.75. The molecule has 0 atom stereocenters. The second-order valence-electron chi connectivity index (χ2n) is 7.75. The minimum atomic E-state index is -0.624. The van der Waals surface area contributed by atoms with Crippen molar-refractivity contribution in [3.05, 3.63) is 81.8 Å². The number of amides is 1. The predicted molar refractivity (Wildman–Crippen MR) is 127 cm³/mol. The molecule has 8 heteroatoms. The van der Waals surface area contributed by atoms with Crippen LogP contribution in [0.1, 0.15) is 11.3 Å². The van der Waals surface area contributed by atoms with E-state index in [4.69, 9.17) is 4.74 Å². The van der Waals surface area contributed by atoms with Crippen molar-refractivity contribution >= 4 is 23.4 Å². The van der Waals surface area contributed by atoms with Crippen molar-refractivity contribution < 1.29 is 9.53 Å². The first kappa shape index (κ1) is 22.1.